The Labute approximate surface area is 108 Å². The molecule has 0 aliphatic rings. The van der Waals surface area contributed by atoms with Crippen LogP contribution in [0.15, 0.2) is 12.1 Å². The summed E-state index contributed by atoms with van der Waals surface area (Å²) in [5, 5.41) is 19.4. The van der Waals surface area contributed by atoms with Gasteiger partial charge in [-0.2, -0.15) is 10.5 Å². The van der Waals surface area contributed by atoms with Gasteiger partial charge in [0.2, 0.25) is 0 Å². The molecule has 1 rings (SSSR count). The van der Waals surface area contributed by atoms with Gasteiger partial charge in [0, 0.05) is 12.6 Å². The zero-order chi connectivity index (χ0) is 14.4. The van der Waals surface area contributed by atoms with Crippen LogP contribution in [0.4, 0.5) is 14.5 Å². The average Bonchev–Trinajstić information content (AvgIpc) is 2.37. The van der Waals surface area contributed by atoms with E-state index in [4.69, 9.17) is 10.5 Å². The third-order valence-electron chi connectivity index (χ3n) is 2.35. The van der Waals surface area contributed by atoms with E-state index in [9.17, 15) is 13.6 Å². The Morgan fingerprint density at radius 2 is 1.74 bits per heavy atom. The monoisotopic (exact) mass is 264 g/mol. The van der Waals surface area contributed by atoms with Crippen LogP contribution in [0.25, 0.3) is 0 Å². The van der Waals surface area contributed by atoms with Crippen molar-refractivity contribution in [1.82, 2.24) is 4.90 Å². The number of amides is 1. The fourth-order valence-corrected chi connectivity index (χ4v) is 1.49. The van der Waals surface area contributed by atoms with Gasteiger partial charge in [0.25, 0.3) is 5.91 Å². The molecule has 0 aliphatic heterocycles. The molecule has 1 aromatic carbocycles. The number of rotatable bonds is 4. The Hall–Kier alpha value is -2.67. The van der Waals surface area contributed by atoms with Gasteiger partial charge in [0.15, 0.2) is 0 Å². The Morgan fingerprint density at radius 3 is 2.11 bits per heavy atom. The van der Waals surface area contributed by atoms with Crippen molar-refractivity contribution in [3.05, 3.63) is 29.3 Å². The van der Waals surface area contributed by atoms with E-state index < -0.39 is 17.5 Å². The molecular formula is C12H10F2N4O. The molecule has 0 bridgehead atoms. The first-order valence-corrected chi connectivity index (χ1v) is 5.25. The molecule has 0 fully saturated rings. The minimum absolute atomic E-state index is 0.250. The van der Waals surface area contributed by atoms with E-state index in [0.29, 0.717) is 0 Å². The van der Waals surface area contributed by atoms with E-state index >= 15 is 0 Å². The molecule has 0 spiro atoms. The molecule has 1 amide bonds. The second kappa shape index (κ2) is 6.31. The fraction of sp³-hybridized carbons (Fsp3) is 0.250. The highest BCUT2D eigenvalue weighted by molar-refractivity contribution is 5.95. The molecular weight excluding hydrogens is 254 g/mol. The Morgan fingerprint density at radius 1 is 1.26 bits per heavy atom. The summed E-state index contributed by atoms with van der Waals surface area (Å²) < 4.78 is 27.0. The molecule has 1 N–H and O–H groups in total. The summed E-state index contributed by atoms with van der Waals surface area (Å²) in [4.78, 5) is 12.8. The van der Waals surface area contributed by atoms with E-state index in [1.165, 1.54) is 7.05 Å². The number of nitriles is 2. The van der Waals surface area contributed by atoms with Crippen molar-refractivity contribution in [3.63, 3.8) is 0 Å². The lowest BCUT2D eigenvalue weighted by Gasteiger charge is -2.16. The third kappa shape index (κ3) is 3.17. The van der Waals surface area contributed by atoms with Crippen LogP contribution in [0.3, 0.4) is 0 Å². The number of anilines is 1. The van der Waals surface area contributed by atoms with Crippen LogP contribution in [0, 0.1) is 34.3 Å². The average molecular weight is 264 g/mol. The quantitative estimate of drug-likeness (QED) is 0.835. The van der Waals surface area contributed by atoms with E-state index in [0.717, 1.165) is 17.0 Å². The minimum atomic E-state index is -0.917. The van der Waals surface area contributed by atoms with Gasteiger partial charge >= 0.3 is 0 Å². The van der Waals surface area contributed by atoms with Crippen molar-refractivity contribution in [2.75, 3.05) is 25.5 Å². The number of carbonyl (C=O) groups excluding carboxylic acids is 1. The van der Waals surface area contributed by atoms with Gasteiger partial charge in [-0.1, -0.05) is 0 Å². The minimum Gasteiger partial charge on any atom is -0.383 e. The molecule has 0 aliphatic carbocycles. The molecule has 0 saturated carbocycles. The van der Waals surface area contributed by atoms with Crippen molar-refractivity contribution in [3.8, 4) is 12.1 Å². The topological polar surface area (TPSA) is 79.9 Å². The lowest BCUT2D eigenvalue weighted by atomic mass is 10.1. The van der Waals surface area contributed by atoms with Crippen LogP contribution in [-0.4, -0.2) is 30.9 Å². The second-order valence-electron chi connectivity index (χ2n) is 3.54. The number of hydrogen-bond donors (Lipinski definition) is 1. The summed E-state index contributed by atoms with van der Waals surface area (Å²) in [6, 6.07) is 5.14. The molecule has 0 atom stereocenters. The molecule has 0 unspecified atom stereocenters. The summed E-state index contributed by atoms with van der Waals surface area (Å²) in [5.41, 5.74) is -0.594. The Bertz CT molecular complexity index is 535. The number of nitrogens with zero attached hydrogens (tertiary/aromatic N) is 3. The summed E-state index contributed by atoms with van der Waals surface area (Å²) in [7, 11) is 1.35. The smallest absolute Gasteiger partial charge is 0.255 e. The molecule has 0 aromatic heterocycles. The molecule has 19 heavy (non-hydrogen) atoms. The van der Waals surface area contributed by atoms with Gasteiger partial charge in [0.1, 0.15) is 30.4 Å². The second-order valence-corrected chi connectivity index (χ2v) is 3.54. The van der Waals surface area contributed by atoms with Crippen LogP contribution >= 0.6 is 0 Å². The van der Waals surface area contributed by atoms with Crippen LogP contribution in [0.5, 0.6) is 0 Å². The van der Waals surface area contributed by atoms with Gasteiger partial charge < -0.3 is 10.2 Å². The van der Waals surface area contributed by atoms with Crippen LogP contribution in [-0.2, 0) is 0 Å². The maximum atomic E-state index is 13.5. The number of benzene rings is 1. The SMILES string of the molecule is CNc1c(F)cc(C(=O)N(CC#N)CC#N)cc1F. The largest absolute Gasteiger partial charge is 0.383 e. The maximum Gasteiger partial charge on any atom is 0.255 e. The molecule has 5 nitrogen and oxygen atoms in total. The van der Waals surface area contributed by atoms with Crippen LogP contribution < -0.4 is 5.32 Å². The van der Waals surface area contributed by atoms with Crippen LogP contribution in [0.1, 0.15) is 10.4 Å². The molecule has 98 valence electrons. The van der Waals surface area contributed by atoms with E-state index in [-0.39, 0.29) is 24.3 Å². The normalized spacial score (nSPS) is 9.32. The van der Waals surface area contributed by atoms with Crippen molar-refractivity contribution in [2.45, 2.75) is 0 Å². The zero-order valence-corrected chi connectivity index (χ0v) is 10.1. The Kier molecular flexibility index (Phi) is 4.78. The van der Waals surface area contributed by atoms with Gasteiger partial charge in [-0.3, -0.25) is 4.79 Å². The summed E-state index contributed by atoms with van der Waals surface area (Å²) in [5.74, 6) is -2.61. The number of halogens is 2. The van der Waals surface area contributed by atoms with Crippen molar-refractivity contribution < 1.29 is 13.6 Å². The summed E-state index contributed by atoms with van der Waals surface area (Å²) in [6.45, 7) is -0.660. The summed E-state index contributed by atoms with van der Waals surface area (Å²) in [6.07, 6.45) is 0. The molecule has 0 saturated heterocycles. The highest BCUT2D eigenvalue weighted by Crippen LogP contribution is 2.21. The van der Waals surface area contributed by atoms with Crippen molar-refractivity contribution in [2.24, 2.45) is 0 Å². The lowest BCUT2D eigenvalue weighted by Crippen LogP contribution is -2.32. The standard InChI is InChI=1S/C12H10F2N4O/c1-17-11-9(13)6-8(7-10(11)14)12(19)18(4-2-15)5-3-16/h6-7,17H,4-5H2,1H3. The van der Waals surface area contributed by atoms with Gasteiger partial charge in [0.05, 0.1) is 12.1 Å². The fourth-order valence-electron chi connectivity index (χ4n) is 1.49. The number of hydrogen-bond acceptors (Lipinski definition) is 4. The third-order valence-corrected chi connectivity index (χ3v) is 2.35. The van der Waals surface area contributed by atoms with Gasteiger partial charge in [-0.15, -0.1) is 0 Å². The molecule has 0 radical (unpaired) electrons. The Balaban J connectivity index is 3.13. The molecule has 7 heteroatoms. The molecule has 1 aromatic rings. The predicted octanol–water partition coefficient (Wildman–Crippen LogP) is 1.50. The predicted molar refractivity (Wildman–Crippen MR) is 63.0 cm³/mol. The lowest BCUT2D eigenvalue weighted by molar-refractivity contribution is 0.0793. The van der Waals surface area contributed by atoms with E-state index in [1.54, 1.807) is 12.1 Å². The van der Waals surface area contributed by atoms with Gasteiger partial charge in [-0.05, 0) is 12.1 Å². The first-order valence-electron chi connectivity index (χ1n) is 5.25. The first kappa shape index (κ1) is 14.4. The van der Waals surface area contributed by atoms with Crippen molar-refractivity contribution >= 4 is 11.6 Å². The van der Waals surface area contributed by atoms with E-state index in [2.05, 4.69) is 5.32 Å². The van der Waals surface area contributed by atoms with E-state index in [1.807, 2.05) is 0 Å². The summed E-state index contributed by atoms with van der Waals surface area (Å²) >= 11 is 0. The number of nitrogens with one attached hydrogen (secondary N) is 1. The number of carbonyl (C=O) groups is 1. The van der Waals surface area contributed by atoms with Crippen molar-refractivity contribution in [1.29, 1.82) is 10.5 Å². The van der Waals surface area contributed by atoms with Crippen LogP contribution in [0.2, 0.25) is 0 Å². The van der Waals surface area contributed by atoms with Gasteiger partial charge in [-0.25, -0.2) is 8.78 Å². The zero-order valence-electron chi connectivity index (χ0n) is 10.1. The first-order chi connectivity index (χ1) is 9.04. The highest BCUT2D eigenvalue weighted by atomic mass is 19.1. The molecule has 0 heterocycles. The highest BCUT2D eigenvalue weighted by Gasteiger charge is 2.19. The maximum absolute atomic E-state index is 13.5.